The first-order valence-electron chi connectivity index (χ1n) is 8.78. The highest BCUT2D eigenvalue weighted by molar-refractivity contribution is 5.27. The molecular weight excluding hydrogens is 240 g/mol. The average Bonchev–Trinajstić information content (AvgIpc) is 2.47. The number of benzene rings is 1. The van der Waals surface area contributed by atoms with E-state index >= 15 is 0 Å². The molecule has 2 unspecified atom stereocenters. The van der Waals surface area contributed by atoms with Crippen molar-refractivity contribution in [1.29, 1.82) is 0 Å². The summed E-state index contributed by atoms with van der Waals surface area (Å²) in [4.78, 5) is 0. The molecule has 0 heteroatoms. The Hall–Kier alpha value is -0.780. The molecule has 0 spiro atoms. The lowest BCUT2D eigenvalue weighted by Crippen LogP contribution is -1.97. The normalized spacial score (nSPS) is 14.2. The van der Waals surface area contributed by atoms with Crippen LogP contribution in [0.1, 0.15) is 102 Å². The highest BCUT2D eigenvalue weighted by atomic mass is 14.1. The monoisotopic (exact) mass is 274 g/mol. The largest absolute Gasteiger partial charge is 0.0654 e. The second-order valence-electron chi connectivity index (χ2n) is 6.46. The maximum atomic E-state index is 2.37. The van der Waals surface area contributed by atoms with E-state index in [0.717, 1.165) is 0 Å². The molecule has 0 aromatic heterocycles. The van der Waals surface area contributed by atoms with E-state index in [9.17, 15) is 0 Å². The first-order chi connectivity index (χ1) is 9.69. The molecule has 0 saturated heterocycles. The van der Waals surface area contributed by atoms with E-state index in [1.165, 1.54) is 62.5 Å². The molecule has 1 aromatic rings. The molecule has 20 heavy (non-hydrogen) atoms. The maximum Gasteiger partial charge on any atom is -0.0190 e. The third-order valence-electron chi connectivity index (χ3n) is 4.56. The number of hydrogen-bond acceptors (Lipinski definition) is 0. The average molecular weight is 274 g/mol. The summed E-state index contributed by atoms with van der Waals surface area (Å²) >= 11 is 0. The van der Waals surface area contributed by atoms with E-state index in [2.05, 4.69) is 52.0 Å². The van der Waals surface area contributed by atoms with Crippen LogP contribution in [0.15, 0.2) is 24.3 Å². The van der Waals surface area contributed by atoms with Gasteiger partial charge in [0.1, 0.15) is 0 Å². The van der Waals surface area contributed by atoms with Gasteiger partial charge in [0.2, 0.25) is 0 Å². The van der Waals surface area contributed by atoms with Crippen molar-refractivity contribution < 1.29 is 0 Å². The lowest BCUT2D eigenvalue weighted by atomic mass is 9.90. The smallest absolute Gasteiger partial charge is 0.0190 e. The summed E-state index contributed by atoms with van der Waals surface area (Å²) in [6, 6.07) is 9.45. The molecule has 0 aliphatic rings. The van der Waals surface area contributed by atoms with Crippen molar-refractivity contribution in [2.45, 2.75) is 90.9 Å². The van der Waals surface area contributed by atoms with Gasteiger partial charge in [-0.2, -0.15) is 0 Å². The van der Waals surface area contributed by atoms with Gasteiger partial charge in [0, 0.05) is 0 Å². The number of rotatable bonds is 10. The van der Waals surface area contributed by atoms with Gasteiger partial charge in [-0.15, -0.1) is 0 Å². The van der Waals surface area contributed by atoms with E-state index < -0.39 is 0 Å². The van der Waals surface area contributed by atoms with Gasteiger partial charge in [-0.25, -0.2) is 0 Å². The molecule has 1 aromatic carbocycles. The molecule has 114 valence electrons. The minimum atomic E-state index is 0.714. The van der Waals surface area contributed by atoms with Gasteiger partial charge in [-0.1, -0.05) is 90.5 Å². The van der Waals surface area contributed by atoms with Crippen molar-refractivity contribution in [2.24, 2.45) is 0 Å². The van der Waals surface area contributed by atoms with Crippen LogP contribution in [0.2, 0.25) is 0 Å². The van der Waals surface area contributed by atoms with Gasteiger partial charge in [-0.3, -0.25) is 0 Å². The summed E-state index contributed by atoms with van der Waals surface area (Å²) in [5.41, 5.74) is 3.04. The lowest BCUT2D eigenvalue weighted by molar-refractivity contribution is 0.592. The maximum absolute atomic E-state index is 2.37. The highest BCUT2D eigenvalue weighted by Gasteiger charge is 2.08. The SMILES string of the molecule is CCCCCC(C)c1ccc(C(C)CCCCC)cc1. The first kappa shape index (κ1) is 17.3. The minimum Gasteiger partial charge on any atom is -0.0654 e. The van der Waals surface area contributed by atoms with Gasteiger partial charge >= 0.3 is 0 Å². The van der Waals surface area contributed by atoms with Crippen LogP contribution in [0.5, 0.6) is 0 Å². The van der Waals surface area contributed by atoms with E-state index in [-0.39, 0.29) is 0 Å². The van der Waals surface area contributed by atoms with Gasteiger partial charge in [0.25, 0.3) is 0 Å². The fourth-order valence-electron chi connectivity index (χ4n) is 2.89. The molecule has 0 amide bonds. The van der Waals surface area contributed by atoms with E-state index in [1.807, 2.05) is 0 Å². The molecule has 2 atom stereocenters. The molecule has 0 bridgehead atoms. The van der Waals surface area contributed by atoms with Crippen molar-refractivity contribution in [3.8, 4) is 0 Å². The molecular formula is C20H34. The van der Waals surface area contributed by atoms with Crippen LogP contribution >= 0.6 is 0 Å². The molecule has 0 aliphatic carbocycles. The number of unbranched alkanes of at least 4 members (excludes halogenated alkanes) is 4. The van der Waals surface area contributed by atoms with Crippen LogP contribution in [0.25, 0.3) is 0 Å². The fraction of sp³-hybridized carbons (Fsp3) is 0.700. The molecule has 1 rings (SSSR count). The van der Waals surface area contributed by atoms with Gasteiger partial charge in [-0.05, 0) is 35.8 Å². The van der Waals surface area contributed by atoms with Gasteiger partial charge in [0.05, 0.1) is 0 Å². The molecule has 0 radical (unpaired) electrons. The second-order valence-corrected chi connectivity index (χ2v) is 6.46. The van der Waals surface area contributed by atoms with Crippen LogP contribution < -0.4 is 0 Å². The van der Waals surface area contributed by atoms with Crippen LogP contribution in [0.4, 0.5) is 0 Å². The Bertz CT molecular complexity index is 301. The third kappa shape index (κ3) is 6.11. The standard InChI is InChI=1S/C20H34/c1-5-7-9-11-17(3)19-13-15-20(16-14-19)18(4)12-10-8-6-2/h13-18H,5-12H2,1-4H3. The van der Waals surface area contributed by atoms with Crippen molar-refractivity contribution in [2.75, 3.05) is 0 Å². The van der Waals surface area contributed by atoms with Crippen molar-refractivity contribution in [3.63, 3.8) is 0 Å². The zero-order valence-corrected chi connectivity index (χ0v) is 14.1. The molecule has 0 nitrogen and oxygen atoms in total. The van der Waals surface area contributed by atoms with Crippen molar-refractivity contribution in [1.82, 2.24) is 0 Å². The lowest BCUT2D eigenvalue weighted by Gasteiger charge is -2.15. The fourth-order valence-corrected chi connectivity index (χ4v) is 2.89. The minimum absolute atomic E-state index is 0.714. The Morgan fingerprint density at radius 1 is 0.650 bits per heavy atom. The number of hydrogen-bond donors (Lipinski definition) is 0. The van der Waals surface area contributed by atoms with E-state index in [0.29, 0.717) is 11.8 Å². The summed E-state index contributed by atoms with van der Waals surface area (Å²) < 4.78 is 0. The highest BCUT2D eigenvalue weighted by Crippen LogP contribution is 2.26. The van der Waals surface area contributed by atoms with Crippen LogP contribution in [0.3, 0.4) is 0 Å². The quantitative estimate of drug-likeness (QED) is 0.401. The van der Waals surface area contributed by atoms with E-state index in [4.69, 9.17) is 0 Å². The molecule has 0 heterocycles. The van der Waals surface area contributed by atoms with E-state index in [1.54, 1.807) is 0 Å². The van der Waals surface area contributed by atoms with Crippen molar-refractivity contribution in [3.05, 3.63) is 35.4 Å². The predicted octanol–water partition coefficient (Wildman–Crippen LogP) is 7.05. The Morgan fingerprint density at radius 3 is 1.30 bits per heavy atom. The molecule has 0 N–H and O–H groups in total. The third-order valence-corrected chi connectivity index (χ3v) is 4.56. The zero-order chi connectivity index (χ0) is 14.8. The second kappa shape index (κ2) is 10.0. The van der Waals surface area contributed by atoms with Gasteiger partial charge < -0.3 is 0 Å². The topological polar surface area (TPSA) is 0 Å². The first-order valence-corrected chi connectivity index (χ1v) is 8.78. The molecule has 0 fully saturated rings. The summed E-state index contributed by atoms with van der Waals surface area (Å²) in [5, 5.41) is 0. The van der Waals surface area contributed by atoms with Gasteiger partial charge in [0.15, 0.2) is 0 Å². The Kier molecular flexibility index (Phi) is 8.65. The Morgan fingerprint density at radius 2 is 1.00 bits per heavy atom. The predicted molar refractivity (Wildman–Crippen MR) is 91.6 cm³/mol. The molecule has 0 aliphatic heterocycles. The van der Waals surface area contributed by atoms with Crippen molar-refractivity contribution >= 4 is 0 Å². The molecule has 0 saturated carbocycles. The van der Waals surface area contributed by atoms with Crippen LogP contribution in [0, 0.1) is 0 Å². The van der Waals surface area contributed by atoms with Crippen LogP contribution in [-0.2, 0) is 0 Å². The summed E-state index contributed by atoms with van der Waals surface area (Å²) in [5.74, 6) is 1.43. The Balaban J connectivity index is 2.46. The zero-order valence-electron chi connectivity index (χ0n) is 14.1. The Labute approximate surface area is 127 Å². The summed E-state index contributed by atoms with van der Waals surface area (Å²) in [6.45, 7) is 9.30. The summed E-state index contributed by atoms with van der Waals surface area (Å²) in [7, 11) is 0. The summed E-state index contributed by atoms with van der Waals surface area (Å²) in [6.07, 6.45) is 10.8. The van der Waals surface area contributed by atoms with Crippen LogP contribution in [-0.4, -0.2) is 0 Å².